The first kappa shape index (κ1) is 17.4. The molecule has 0 aromatic heterocycles. The molecule has 0 saturated heterocycles. The van der Waals surface area contributed by atoms with E-state index in [0.717, 1.165) is 17.5 Å². The van der Waals surface area contributed by atoms with Gasteiger partial charge in [0.1, 0.15) is 5.82 Å². The van der Waals surface area contributed by atoms with Gasteiger partial charge < -0.3 is 10.6 Å². The summed E-state index contributed by atoms with van der Waals surface area (Å²) in [4.78, 5) is 23.7. The number of amides is 2. The van der Waals surface area contributed by atoms with Crippen molar-refractivity contribution in [3.05, 3.63) is 76.0 Å². The van der Waals surface area contributed by atoms with Crippen LogP contribution in [0.15, 0.2) is 53.5 Å². The summed E-state index contributed by atoms with van der Waals surface area (Å²) in [5, 5.41) is 5.61. The number of rotatable bonds is 4. The van der Waals surface area contributed by atoms with Crippen molar-refractivity contribution < 1.29 is 14.0 Å². The van der Waals surface area contributed by atoms with Crippen LogP contribution in [0.2, 0.25) is 0 Å². The molecule has 0 heterocycles. The van der Waals surface area contributed by atoms with Gasteiger partial charge in [0, 0.05) is 11.3 Å². The Balaban J connectivity index is 1.71. The molecule has 3 rings (SSSR count). The summed E-state index contributed by atoms with van der Waals surface area (Å²) in [7, 11) is 0. The van der Waals surface area contributed by atoms with Gasteiger partial charge in [0.05, 0.1) is 10.5 Å². The van der Waals surface area contributed by atoms with Gasteiger partial charge in [0.15, 0.2) is 0 Å². The number of carbonyl (C=O) groups excluding carboxylic acids is 2. The number of halogens is 2. The summed E-state index contributed by atoms with van der Waals surface area (Å²) in [6.45, 7) is 3.39. The quantitative estimate of drug-likeness (QED) is 0.755. The number of benzene rings is 2. The van der Waals surface area contributed by atoms with Crippen LogP contribution < -0.4 is 10.6 Å². The maximum Gasteiger partial charge on any atom is 0.251 e. The topological polar surface area (TPSA) is 58.2 Å². The second-order valence-electron chi connectivity index (χ2n) is 5.76. The van der Waals surface area contributed by atoms with Crippen molar-refractivity contribution in [3.8, 4) is 0 Å². The zero-order chi connectivity index (χ0) is 18.0. The van der Waals surface area contributed by atoms with E-state index in [2.05, 4.69) is 33.1 Å². The fourth-order valence-electron chi connectivity index (χ4n) is 2.92. The summed E-state index contributed by atoms with van der Waals surface area (Å²) in [6.07, 6.45) is 2.63. The predicted molar refractivity (Wildman–Crippen MR) is 97.9 cm³/mol. The van der Waals surface area contributed by atoms with Gasteiger partial charge in [-0.3, -0.25) is 9.59 Å². The van der Waals surface area contributed by atoms with Crippen molar-refractivity contribution in [2.24, 2.45) is 0 Å². The third-order valence-corrected chi connectivity index (χ3v) is 5.05. The highest BCUT2D eigenvalue weighted by Crippen LogP contribution is 2.37. The van der Waals surface area contributed by atoms with E-state index >= 15 is 0 Å². The molecule has 1 unspecified atom stereocenters. The van der Waals surface area contributed by atoms with Crippen molar-refractivity contribution in [1.29, 1.82) is 0 Å². The van der Waals surface area contributed by atoms with E-state index in [4.69, 9.17) is 0 Å². The highest BCUT2D eigenvalue weighted by molar-refractivity contribution is 9.10. The third-order valence-electron chi connectivity index (χ3n) is 4.20. The van der Waals surface area contributed by atoms with E-state index in [1.54, 1.807) is 30.3 Å². The minimum Gasteiger partial charge on any atom is -0.345 e. The first-order chi connectivity index (χ1) is 12.0. The molecule has 0 aliphatic heterocycles. The van der Waals surface area contributed by atoms with E-state index in [1.165, 1.54) is 12.1 Å². The average Bonchev–Trinajstić information content (AvgIpc) is 3.02. The summed E-state index contributed by atoms with van der Waals surface area (Å²) >= 11 is 3.27. The first-order valence-corrected chi connectivity index (χ1v) is 8.60. The fraction of sp³-hybridized carbons (Fsp3) is 0.158. The van der Waals surface area contributed by atoms with Crippen LogP contribution in [-0.4, -0.2) is 11.8 Å². The minimum atomic E-state index is -0.308. The Morgan fingerprint density at radius 3 is 2.60 bits per heavy atom. The molecular weight excluding hydrogens is 387 g/mol. The lowest BCUT2D eigenvalue weighted by Crippen LogP contribution is -2.27. The number of anilines is 1. The number of nitrogens with one attached hydrogen (secondary N) is 2. The lowest BCUT2D eigenvalue weighted by molar-refractivity contribution is -0.111. The molecule has 4 nitrogen and oxygen atoms in total. The molecule has 6 heteroatoms. The molecule has 25 heavy (non-hydrogen) atoms. The number of hydrogen-bond acceptors (Lipinski definition) is 2. The van der Waals surface area contributed by atoms with Crippen LogP contribution in [0.25, 0.3) is 0 Å². The van der Waals surface area contributed by atoms with E-state index in [9.17, 15) is 14.0 Å². The molecule has 0 saturated carbocycles. The van der Waals surface area contributed by atoms with Crippen LogP contribution >= 0.6 is 15.9 Å². The standard InChI is InChI=1S/C19H16BrFN2O2/c1-2-17(24)22-12-5-3-11(4-6-12)19(25)23-16-10-8-14-13(16)7-9-15(21)18(14)20/h2-7,9,16H,1,8,10H2,(H,22,24)(H,23,25). The zero-order valence-corrected chi connectivity index (χ0v) is 14.9. The second kappa shape index (κ2) is 7.19. The van der Waals surface area contributed by atoms with Crippen molar-refractivity contribution in [2.75, 3.05) is 5.32 Å². The molecule has 0 fully saturated rings. The smallest absolute Gasteiger partial charge is 0.251 e. The summed E-state index contributed by atoms with van der Waals surface area (Å²) in [6, 6.07) is 9.59. The molecule has 2 aromatic carbocycles. The molecular formula is C19H16BrFN2O2. The maximum atomic E-state index is 13.6. The monoisotopic (exact) mass is 402 g/mol. The molecule has 0 spiro atoms. The van der Waals surface area contributed by atoms with Crippen LogP contribution in [0.3, 0.4) is 0 Å². The largest absolute Gasteiger partial charge is 0.345 e. The lowest BCUT2D eigenvalue weighted by atomic mass is 10.1. The van der Waals surface area contributed by atoms with Crippen molar-refractivity contribution in [3.63, 3.8) is 0 Å². The minimum absolute atomic E-state index is 0.139. The molecule has 2 aromatic rings. The van der Waals surface area contributed by atoms with Gasteiger partial charge in [0.25, 0.3) is 5.91 Å². The number of carbonyl (C=O) groups is 2. The fourth-order valence-corrected chi connectivity index (χ4v) is 3.48. The Hall–Kier alpha value is -2.47. The van der Waals surface area contributed by atoms with Gasteiger partial charge in [-0.2, -0.15) is 0 Å². The Kier molecular flexibility index (Phi) is 4.99. The SMILES string of the molecule is C=CC(=O)Nc1ccc(C(=O)NC2CCc3c2ccc(F)c3Br)cc1. The average molecular weight is 403 g/mol. The molecule has 2 N–H and O–H groups in total. The Bertz CT molecular complexity index is 849. The van der Waals surface area contributed by atoms with Crippen molar-refractivity contribution in [2.45, 2.75) is 18.9 Å². The van der Waals surface area contributed by atoms with Crippen molar-refractivity contribution in [1.82, 2.24) is 5.32 Å². The highest BCUT2D eigenvalue weighted by Gasteiger charge is 2.27. The molecule has 1 aliphatic rings. The van der Waals surface area contributed by atoms with Gasteiger partial charge in [-0.15, -0.1) is 0 Å². The van der Waals surface area contributed by atoms with Gasteiger partial charge >= 0.3 is 0 Å². The van der Waals surface area contributed by atoms with Gasteiger partial charge in [0.2, 0.25) is 5.91 Å². The van der Waals surface area contributed by atoms with E-state index in [1.807, 2.05) is 0 Å². The van der Waals surface area contributed by atoms with Gasteiger partial charge in [-0.1, -0.05) is 12.6 Å². The van der Waals surface area contributed by atoms with Gasteiger partial charge in [-0.25, -0.2) is 4.39 Å². The normalized spacial score (nSPS) is 15.4. The van der Waals surface area contributed by atoms with E-state index in [-0.39, 0.29) is 23.7 Å². The molecule has 0 radical (unpaired) electrons. The number of hydrogen-bond donors (Lipinski definition) is 2. The van der Waals surface area contributed by atoms with Crippen LogP contribution in [0.5, 0.6) is 0 Å². The van der Waals surface area contributed by atoms with Crippen LogP contribution in [0.4, 0.5) is 10.1 Å². The Morgan fingerprint density at radius 1 is 1.20 bits per heavy atom. The zero-order valence-electron chi connectivity index (χ0n) is 13.3. The Morgan fingerprint density at radius 2 is 1.92 bits per heavy atom. The highest BCUT2D eigenvalue weighted by atomic mass is 79.9. The van der Waals surface area contributed by atoms with Crippen LogP contribution in [0, 0.1) is 5.82 Å². The first-order valence-electron chi connectivity index (χ1n) is 7.80. The van der Waals surface area contributed by atoms with E-state index < -0.39 is 0 Å². The van der Waals surface area contributed by atoms with Gasteiger partial charge in [-0.05, 0) is 76.3 Å². The predicted octanol–water partition coefficient (Wildman–Crippen LogP) is 4.13. The number of fused-ring (bicyclic) bond motifs is 1. The lowest BCUT2D eigenvalue weighted by Gasteiger charge is -2.15. The molecule has 2 amide bonds. The van der Waals surface area contributed by atoms with E-state index in [0.29, 0.717) is 22.1 Å². The second-order valence-corrected chi connectivity index (χ2v) is 6.56. The third kappa shape index (κ3) is 3.64. The summed E-state index contributed by atoms with van der Waals surface area (Å²) in [5.41, 5.74) is 2.93. The van der Waals surface area contributed by atoms with Crippen LogP contribution in [-0.2, 0) is 11.2 Å². The summed E-state index contributed by atoms with van der Waals surface area (Å²) < 4.78 is 14.1. The molecule has 128 valence electrons. The van der Waals surface area contributed by atoms with Crippen molar-refractivity contribution >= 4 is 33.4 Å². The Labute approximate surface area is 153 Å². The maximum absolute atomic E-state index is 13.6. The summed E-state index contributed by atoms with van der Waals surface area (Å²) in [5.74, 6) is -0.805. The van der Waals surface area contributed by atoms with Crippen LogP contribution in [0.1, 0.15) is 33.9 Å². The molecule has 1 atom stereocenters. The molecule has 1 aliphatic carbocycles. The molecule has 0 bridgehead atoms.